The van der Waals surface area contributed by atoms with Crippen molar-refractivity contribution >= 4 is 11.6 Å². The highest BCUT2D eigenvalue weighted by molar-refractivity contribution is 5.99. The number of anilines is 1. The van der Waals surface area contributed by atoms with Gasteiger partial charge in [-0.05, 0) is 30.2 Å². The van der Waals surface area contributed by atoms with Gasteiger partial charge in [-0.15, -0.1) is 0 Å². The van der Waals surface area contributed by atoms with Crippen LogP contribution in [0.15, 0.2) is 48.5 Å². The van der Waals surface area contributed by atoms with Gasteiger partial charge < -0.3 is 15.0 Å². The molecule has 0 bridgehead atoms. The predicted molar refractivity (Wildman–Crippen MR) is 97.0 cm³/mol. The van der Waals surface area contributed by atoms with Crippen molar-refractivity contribution in [3.8, 4) is 0 Å². The Hall–Kier alpha value is -2.54. The van der Waals surface area contributed by atoms with Crippen LogP contribution < -0.4 is 10.2 Å². The second kappa shape index (κ2) is 8.43. The van der Waals surface area contributed by atoms with Crippen LogP contribution in [0.25, 0.3) is 0 Å². The first-order valence-electron chi connectivity index (χ1n) is 8.81. The lowest BCUT2D eigenvalue weighted by atomic mass is 10.1. The molecule has 0 spiro atoms. The van der Waals surface area contributed by atoms with Crippen LogP contribution in [0.1, 0.15) is 21.5 Å². The third-order valence-electron chi connectivity index (χ3n) is 4.45. The third kappa shape index (κ3) is 5.01. The zero-order valence-electron chi connectivity index (χ0n) is 14.8. The number of benzene rings is 2. The van der Waals surface area contributed by atoms with Crippen LogP contribution in [0.5, 0.6) is 0 Å². The summed E-state index contributed by atoms with van der Waals surface area (Å²) in [4.78, 5) is 14.7. The number of carbonyl (C=O) groups is 1. The largest absolute Gasteiger partial charge is 0.416 e. The fourth-order valence-electron chi connectivity index (χ4n) is 3.06. The van der Waals surface area contributed by atoms with E-state index in [-0.39, 0.29) is 12.5 Å². The Morgan fingerprint density at radius 1 is 1.07 bits per heavy atom. The highest BCUT2D eigenvalue weighted by Crippen LogP contribution is 2.29. The molecule has 1 saturated heterocycles. The number of nitrogens with zero attached hydrogens (tertiary/aromatic N) is 1. The van der Waals surface area contributed by atoms with E-state index in [9.17, 15) is 18.0 Å². The molecule has 1 aliphatic heterocycles. The molecule has 0 aliphatic carbocycles. The molecule has 1 aliphatic rings. The molecule has 1 N–H and O–H groups in total. The standard InChI is InChI=1S/C20H21F3N2O2/c21-20(22,23)16-5-3-4-15(14-16)8-9-24-19(26)17-6-1-2-7-18(17)25-10-12-27-13-11-25/h1-7,14H,8-13H2,(H,24,26). The number of hydrogen-bond acceptors (Lipinski definition) is 3. The third-order valence-corrected chi connectivity index (χ3v) is 4.45. The molecular formula is C20H21F3N2O2. The van der Waals surface area contributed by atoms with Gasteiger partial charge in [0.1, 0.15) is 0 Å². The SMILES string of the molecule is O=C(NCCc1cccc(C(F)(F)F)c1)c1ccccc1N1CCOCC1. The van der Waals surface area contributed by atoms with Crippen molar-refractivity contribution in [1.82, 2.24) is 5.32 Å². The van der Waals surface area contributed by atoms with Crippen LogP contribution in [0, 0.1) is 0 Å². The summed E-state index contributed by atoms with van der Waals surface area (Å²) in [5, 5.41) is 2.81. The van der Waals surface area contributed by atoms with E-state index >= 15 is 0 Å². The molecule has 0 unspecified atom stereocenters. The van der Waals surface area contributed by atoms with E-state index in [4.69, 9.17) is 4.74 Å². The molecule has 0 aromatic heterocycles. The summed E-state index contributed by atoms with van der Waals surface area (Å²) in [7, 11) is 0. The number of hydrogen-bond donors (Lipinski definition) is 1. The van der Waals surface area contributed by atoms with E-state index in [0.717, 1.165) is 17.8 Å². The molecule has 2 aromatic carbocycles. The van der Waals surface area contributed by atoms with Gasteiger partial charge >= 0.3 is 6.18 Å². The number of para-hydroxylation sites is 1. The van der Waals surface area contributed by atoms with Gasteiger partial charge in [0.25, 0.3) is 5.91 Å². The number of alkyl halides is 3. The number of morpholine rings is 1. The molecule has 0 saturated carbocycles. The molecule has 0 atom stereocenters. The van der Waals surface area contributed by atoms with Crippen molar-refractivity contribution in [3.63, 3.8) is 0 Å². The number of nitrogens with one attached hydrogen (secondary N) is 1. The zero-order valence-corrected chi connectivity index (χ0v) is 14.8. The number of amides is 1. The maximum Gasteiger partial charge on any atom is 0.416 e. The van der Waals surface area contributed by atoms with Crippen LogP contribution in [-0.2, 0) is 17.3 Å². The van der Waals surface area contributed by atoms with Crippen molar-refractivity contribution in [2.75, 3.05) is 37.7 Å². The summed E-state index contributed by atoms with van der Waals surface area (Å²) in [6.07, 6.45) is -4.04. The van der Waals surface area contributed by atoms with E-state index in [0.29, 0.717) is 43.9 Å². The minimum absolute atomic E-state index is 0.232. The first kappa shape index (κ1) is 19.2. The Balaban J connectivity index is 1.62. The smallest absolute Gasteiger partial charge is 0.378 e. The van der Waals surface area contributed by atoms with E-state index in [2.05, 4.69) is 10.2 Å². The number of carbonyl (C=O) groups excluding carboxylic acids is 1. The minimum atomic E-state index is -4.36. The van der Waals surface area contributed by atoms with E-state index in [1.165, 1.54) is 6.07 Å². The molecule has 1 fully saturated rings. The minimum Gasteiger partial charge on any atom is -0.378 e. The molecule has 4 nitrogen and oxygen atoms in total. The van der Waals surface area contributed by atoms with E-state index < -0.39 is 11.7 Å². The van der Waals surface area contributed by atoms with Gasteiger partial charge in [-0.1, -0.05) is 30.3 Å². The van der Waals surface area contributed by atoms with Crippen LogP contribution >= 0.6 is 0 Å². The lowest BCUT2D eigenvalue weighted by Crippen LogP contribution is -2.38. The molecule has 144 valence electrons. The fraction of sp³-hybridized carbons (Fsp3) is 0.350. The summed E-state index contributed by atoms with van der Waals surface area (Å²) >= 11 is 0. The molecular weight excluding hydrogens is 357 g/mol. The lowest BCUT2D eigenvalue weighted by molar-refractivity contribution is -0.137. The second-order valence-corrected chi connectivity index (χ2v) is 6.32. The molecule has 7 heteroatoms. The zero-order chi connectivity index (χ0) is 19.3. The Morgan fingerprint density at radius 3 is 2.56 bits per heavy atom. The fourth-order valence-corrected chi connectivity index (χ4v) is 3.06. The quantitative estimate of drug-likeness (QED) is 0.866. The maximum atomic E-state index is 12.8. The lowest BCUT2D eigenvalue weighted by Gasteiger charge is -2.30. The first-order chi connectivity index (χ1) is 12.9. The van der Waals surface area contributed by atoms with Gasteiger partial charge in [0.15, 0.2) is 0 Å². The molecule has 1 amide bonds. The van der Waals surface area contributed by atoms with Gasteiger partial charge in [0.2, 0.25) is 0 Å². The van der Waals surface area contributed by atoms with Crippen LogP contribution in [0.4, 0.5) is 18.9 Å². The highest BCUT2D eigenvalue weighted by atomic mass is 19.4. The maximum absolute atomic E-state index is 12.8. The van der Waals surface area contributed by atoms with Crippen molar-refractivity contribution in [2.45, 2.75) is 12.6 Å². The monoisotopic (exact) mass is 378 g/mol. The van der Waals surface area contributed by atoms with Crippen molar-refractivity contribution in [3.05, 3.63) is 65.2 Å². The average Bonchev–Trinajstić information content (AvgIpc) is 2.68. The second-order valence-electron chi connectivity index (χ2n) is 6.32. The Kier molecular flexibility index (Phi) is 6.01. The van der Waals surface area contributed by atoms with Crippen molar-refractivity contribution in [2.24, 2.45) is 0 Å². The number of ether oxygens (including phenoxy) is 1. The van der Waals surface area contributed by atoms with Gasteiger partial charge in [0.05, 0.1) is 24.3 Å². The number of halogens is 3. The molecule has 0 radical (unpaired) electrons. The topological polar surface area (TPSA) is 41.6 Å². The average molecular weight is 378 g/mol. The van der Waals surface area contributed by atoms with Crippen LogP contribution in [0.3, 0.4) is 0 Å². The van der Waals surface area contributed by atoms with E-state index in [1.807, 2.05) is 12.1 Å². The summed E-state index contributed by atoms with van der Waals surface area (Å²) in [5.41, 5.74) is 1.26. The molecule has 2 aromatic rings. The molecule has 1 heterocycles. The summed E-state index contributed by atoms with van der Waals surface area (Å²) in [5.74, 6) is -0.232. The summed E-state index contributed by atoms with van der Waals surface area (Å²) < 4.78 is 43.7. The Labute approximate surface area is 155 Å². The normalized spacial score (nSPS) is 14.9. The number of rotatable bonds is 5. The predicted octanol–water partition coefficient (Wildman–Crippen LogP) is 3.51. The van der Waals surface area contributed by atoms with Gasteiger partial charge in [-0.2, -0.15) is 13.2 Å². The van der Waals surface area contributed by atoms with Crippen LogP contribution in [-0.4, -0.2) is 38.8 Å². The van der Waals surface area contributed by atoms with Gasteiger partial charge in [-0.3, -0.25) is 4.79 Å². The van der Waals surface area contributed by atoms with Gasteiger partial charge in [0, 0.05) is 25.3 Å². The summed E-state index contributed by atoms with van der Waals surface area (Å²) in [6.45, 7) is 2.93. The van der Waals surface area contributed by atoms with Crippen LogP contribution in [0.2, 0.25) is 0 Å². The van der Waals surface area contributed by atoms with Gasteiger partial charge in [-0.25, -0.2) is 0 Å². The highest BCUT2D eigenvalue weighted by Gasteiger charge is 2.30. The van der Waals surface area contributed by atoms with Crippen molar-refractivity contribution in [1.29, 1.82) is 0 Å². The van der Waals surface area contributed by atoms with E-state index in [1.54, 1.807) is 18.2 Å². The van der Waals surface area contributed by atoms with Crippen molar-refractivity contribution < 1.29 is 22.7 Å². The first-order valence-corrected chi connectivity index (χ1v) is 8.81. The Morgan fingerprint density at radius 2 is 1.81 bits per heavy atom. The molecule has 27 heavy (non-hydrogen) atoms. The Bertz CT molecular complexity index is 787. The summed E-state index contributed by atoms with van der Waals surface area (Å²) in [6, 6.07) is 12.5. The molecule has 3 rings (SSSR count).